The van der Waals surface area contributed by atoms with Crippen LogP contribution in [0, 0.1) is 6.92 Å². The molecule has 0 aliphatic carbocycles. The topological polar surface area (TPSA) is 65.5 Å². The Morgan fingerprint density at radius 2 is 1.92 bits per heavy atom. The van der Waals surface area contributed by atoms with Crippen LogP contribution in [0.3, 0.4) is 0 Å². The molecule has 0 saturated heterocycles. The molecule has 2 aromatic rings. The molecule has 0 saturated carbocycles. The number of amides is 1. The number of benzene rings is 1. The fraction of sp³-hybridized carbons (Fsp3) is 0.368. The normalized spacial score (nSPS) is 10.8. The summed E-state index contributed by atoms with van der Waals surface area (Å²) in [5.41, 5.74) is 2.44. The van der Waals surface area contributed by atoms with Crippen LogP contribution in [0.25, 0.3) is 0 Å². The molecule has 0 radical (unpaired) electrons. The smallest absolute Gasteiger partial charge is 0.261 e. The molecule has 26 heavy (non-hydrogen) atoms. The first kappa shape index (κ1) is 22.4. The highest BCUT2D eigenvalue weighted by molar-refractivity contribution is 14.0. The van der Waals surface area contributed by atoms with Crippen LogP contribution in [0.2, 0.25) is 0 Å². The van der Waals surface area contributed by atoms with E-state index in [2.05, 4.69) is 52.1 Å². The van der Waals surface area contributed by atoms with Crippen molar-refractivity contribution in [1.29, 1.82) is 0 Å². The van der Waals surface area contributed by atoms with E-state index in [1.165, 1.54) is 22.5 Å². The summed E-state index contributed by atoms with van der Waals surface area (Å²) in [6, 6.07) is 12.1. The van der Waals surface area contributed by atoms with Gasteiger partial charge >= 0.3 is 0 Å². The molecule has 0 fully saturated rings. The molecule has 0 atom stereocenters. The van der Waals surface area contributed by atoms with Gasteiger partial charge in [-0.05, 0) is 37.3 Å². The zero-order chi connectivity index (χ0) is 17.9. The van der Waals surface area contributed by atoms with Crippen molar-refractivity contribution in [1.82, 2.24) is 16.0 Å². The third-order valence-corrected chi connectivity index (χ3v) is 4.39. The van der Waals surface area contributed by atoms with Crippen LogP contribution in [0.1, 0.15) is 34.1 Å². The van der Waals surface area contributed by atoms with Gasteiger partial charge < -0.3 is 16.0 Å². The molecule has 5 nitrogen and oxygen atoms in total. The monoisotopic (exact) mass is 486 g/mol. The molecule has 0 spiro atoms. The second-order valence-electron chi connectivity index (χ2n) is 5.70. The highest BCUT2D eigenvalue weighted by Gasteiger charge is 2.04. The summed E-state index contributed by atoms with van der Waals surface area (Å²) in [5.74, 6) is 0.795. The van der Waals surface area contributed by atoms with Crippen molar-refractivity contribution in [3.05, 3.63) is 57.8 Å². The van der Waals surface area contributed by atoms with Gasteiger partial charge in [0.25, 0.3) is 5.91 Å². The van der Waals surface area contributed by atoms with Gasteiger partial charge in [0.2, 0.25) is 0 Å². The molecule has 1 aromatic heterocycles. The number of hydrogen-bond acceptors (Lipinski definition) is 3. The average Bonchev–Trinajstić information content (AvgIpc) is 3.14. The Bertz CT molecular complexity index is 689. The van der Waals surface area contributed by atoms with Crippen LogP contribution in [0.5, 0.6) is 0 Å². The van der Waals surface area contributed by atoms with Crippen molar-refractivity contribution in [2.45, 2.75) is 26.8 Å². The zero-order valence-electron chi connectivity index (χ0n) is 15.2. The Balaban J connectivity index is 0.00000338. The molecule has 7 heteroatoms. The maximum absolute atomic E-state index is 11.8. The lowest BCUT2D eigenvalue weighted by Crippen LogP contribution is -2.38. The van der Waals surface area contributed by atoms with E-state index in [4.69, 9.17) is 0 Å². The van der Waals surface area contributed by atoms with E-state index < -0.39 is 0 Å². The molecule has 3 N–H and O–H groups in total. The molecule has 0 aliphatic heterocycles. The molecule has 1 heterocycles. The van der Waals surface area contributed by atoms with Crippen LogP contribution in [-0.4, -0.2) is 31.5 Å². The number of nitrogens with zero attached hydrogens (tertiary/aromatic N) is 1. The molecular formula is C19H27IN4OS. The zero-order valence-corrected chi connectivity index (χ0v) is 18.4. The largest absolute Gasteiger partial charge is 0.357 e. The first-order valence-electron chi connectivity index (χ1n) is 8.58. The van der Waals surface area contributed by atoms with Gasteiger partial charge in [-0.2, -0.15) is 0 Å². The highest BCUT2D eigenvalue weighted by Crippen LogP contribution is 2.07. The average molecular weight is 486 g/mol. The van der Waals surface area contributed by atoms with Crippen LogP contribution in [0.15, 0.2) is 46.8 Å². The van der Waals surface area contributed by atoms with Gasteiger partial charge in [-0.1, -0.05) is 35.9 Å². The van der Waals surface area contributed by atoms with Gasteiger partial charge in [-0.3, -0.25) is 4.79 Å². The Kier molecular flexibility index (Phi) is 11.0. The van der Waals surface area contributed by atoms with Crippen molar-refractivity contribution in [3.63, 3.8) is 0 Å². The van der Waals surface area contributed by atoms with E-state index >= 15 is 0 Å². The van der Waals surface area contributed by atoms with Crippen LogP contribution >= 0.6 is 35.3 Å². The van der Waals surface area contributed by atoms with Crippen LogP contribution < -0.4 is 16.0 Å². The molecule has 0 aliphatic rings. The summed E-state index contributed by atoms with van der Waals surface area (Å²) < 4.78 is 0. The van der Waals surface area contributed by atoms with Crippen LogP contribution in [0.4, 0.5) is 0 Å². The summed E-state index contributed by atoms with van der Waals surface area (Å²) >= 11 is 1.45. The first-order valence-corrected chi connectivity index (χ1v) is 9.46. The Hall–Kier alpha value is -1.61. The summed E-state index contributed by atoms with van der Waals surface area (Å²) in [6.45, 7) is 6.98. The maximum Gasteiger partial charge on any atom is 0.261 e. The number of hydrogen-bond donors (Lipinski definition) is 3. The molecule has 1 amide bonds. The third-order valence-electron chi connectivity index (χ3n) is 3.52. The first-order chi connectivity index (χ1) is 12.2. The summed E-state index contributed by atoms with van der Waals surface area (Å²) in [4.78, 5) is 17.2. The standard InChI is InChI=1S/C19H26N4OS.HI/c1-3-20-19(23-14-16-8-4-7-15(2)13-16)22-11-6-10-21-18(24)17-9-5-12-25-17;/h4-5,7-9,12-13H,3,6,10-11,14H2,1-2H3,(H,21,24)(H2,20,22,23);1H. The second-order valence-corrected chi connectivity index (χ2v) is 6.65. The Morgan fingerprint density at radius 3 is 2.62 bits per heavy atom. The van der Waals surface area contributed by atoms with Crippen molar-refractivity contribution < 1.29 is 4.79 Å². The minimum Gasteiger partial charge on any atom is -0.357 e. The number of guanidine groups is 1. The number of nitrogens with one attached hydrogen (secondary N) is 3. The minimum atomic E-state index is -0.00461. The van der Waals surface area contributed by atoms with Gasteiger partial charge in [0.05, 0.1) is 11.4 Å². The van der Waals surface area contributed by atoms with Crippen molar-refractivity contribution in [3.8, 4) is 0 Å². The molecule has 142 valence electrons. The Labute approximate surface area is 176 Å². The number of aliphatic imine (C=N–C) groups is 1. The number of halogens is 1. The minimum absolute atomic E-state index is 0. The number of thiophene rings is 1. The van der Waals surface area contributed by atoms with E-state index in [9.17, 15) is 4.79 Å². The van der Waals surface area contributed by atoms with E-state index in [1.807, 2.05) is 24.4 Å². The SMILES string of the molecule is CCNC(=NCc1cccc(C)c1)NCCCNC(=O)c1cccs1.I. The fourth-order valence-corrected chi connectivity index (χ4v) is 2.95. The quantitative estimate of drug-likeness (QED) is 0.232. The summed E-state index contributed by atoms with van der Waals surface area (Å²) in [6.07, 6.45) is 0.839. The summed E-state index contributed by atoms with van der Waals surface area (Å²) in [7, 11) is 0. The van der Waals surface area contributed by atoms with Gasteiger partial charge in [0.1, 0.15) is 0 Å². The fourth-order valence-electron chi connectivity index (χ4n) is 2.31. The molecule has 0 unspecified atom stereocenters. The molecule has 2 rings (SSSR count). The number of carbonyl (C=O) groups excluding carboxylic acids is 1. The highest BCUT2D eigenvalue weighted by atomic mass is 127. The molecule has 1 aromatic carbocycles. The van der Waals surface area contributed by atoms with E-state index in [1.54, 1.807) is 0 Å². The van der Waals surface area contributed by atoms with Gasteiger partial charge in [0.15, 0.2) is 5.96 Å². The predicted octanol–water partition coefficient (Wildman–Crippen LogP) is 3.55. The van der Waals surface area contributed by atoms with E-state index in [0.717, 1.165) is 30.3 Å². The lowest BCUT2D eigenvalue weighted by molar-refractivity contribution is 0.0957. The lowest BCUT2D eigenvalue weighted by Gasteiger charge is -2.11. The van der Waals surface area contributed by atoms with Gasteiger partial charge in [0, 0.05) is 19.6 Å². The third kappa shape index (κ3) is 8.18. The van der Waals surface area contributed by atoms with Crippen molar-refractivity contribution in [2.24, 2.45) is 4.99 Å². The molecular weight excluding hydrogens is 459 g/mol. The lowest BCUT2D eigenvalue weighted by atomic mass is 10.1. The number of rotatable bonds is 8. The number of aryl methyl sites for hydroxylation is 1. The van der Waals surface area contributed by atoms with Crippen molar-refractivity contribution >= 4 is 47.2 Å². The Morgan fingerprint density at radius 1 is 1.12 bits per heavy atom. The maximum atomic E-state index is 11.8. The van der Waals surface area contributed by atoms with E-state index in [-0.39, 0.29) is 29.9 Å². The van der Waals surface area contributed by atoms with Gasteiger partial charge in [-0.25, -0.2) is 4.99 Å². The predicted molar refractivity (Wildman–Crippen MR) is 121 cm³/mol. The van der Waals surface area contributed by atoms with E-state index in [0.29, 0.717) is 13.1 Å². The summed E-state index contributed by atoms with van der Waals surface area (Å²) in [5, 5.41) is 11.4. The molecule has 0 bridgehead atoms. The van der Waals surface area contributed by atoms with Crippen molar-refractivity contribution in [2.75, 3.05) is 19.6 Å². The number of carbonyl (C=O) groups is 1. The van der Waals surface area contributed by atoms with Crippen LogP contribution in [-0.2, 0) is 6.54 Å². The second kappa shape index (κ2) is 12.7. The van der Waals surface area contributed by atoms with Gasteiger partial charge in [-0.15, -0.1) is 35.3 Å².